The van der Waals surface area contributed by atoms with Gasteiger partial charge >= 0.3 is 29.6 Å². The number of hydrogen-bond acceptors (Lipinski definition) is 9. The molecule has 0 bridgehead atoms. The molecular formula is C32H36ClN8NaO4. The molecule has 2 saturated heterocycles. The molecule has 3 aliphatic rings. The average molecular weight is 655 g/mol. The van der Waals surface area contributed by atoms with Crippen LogP contribution < -0.4 is 50.0 Å². The number of likely N-dealkylation sites (N-methyl/N-ethyl adjacent to an activating group) is 1. The van der Waals surface area contributed by atoms with Crippen molar-refractivity contribution in [3.05, 3.63) is 64.9 Å². The first-order valence-electron chi connectivity index (χ1n) is 14.8. The van der Waals surface area contributed by atoms with Crippen LogP contribution in [0, 0.1) is 6.07 Å². The van der Waals surface area contributed by atoms with Crippen molar-refractivity contribution >= 4 is 63.4 Å². The minimum atomic E-state index is -0.339. The average Bonchev–Trinajstić information content (AvgIpc) is 3.54. The monoisotopic (exact) mass is 654 g/mol. The van der Waals surface area contributed by atoms with E-state index in [-0.39, 0.29) is 53.2 Å². The fraction of sp³-hybridized carbons (Fsp3) is 0.375. The quantitative estimate of drug-likeness (QED) is 0.166. The summed E-state index contributed by atoms with van der Waals surface area (Å²) in [7, 11) is 4.64. The van der Waals surface area contributed by atoms with Crippen LogP contribution in [-0.4, -0.2) is 69.8 Å². The Kier molecular flexibility index (Phi) is 12.2. The molecule has 1 unspecified atom stereocenters. The Hall–Kier alpha value is -3.55. The van der Waals surface area contributed by atoms with Gasteiger partial charge in [-0.3, -0.25) is 19.7 Å². The van der Waals surface area contributed by atoms with Crippen LogP contribution in [0.15, 0.2) is 42.6 Å². The van der Waals surface area contributed by atoms with Crippen molar-refractivity contribution in [2.45, 2.75) is 44.4 Å². The SMILES string of the molecule is CN1C(=O)Cc2cc(Nc3nc(N4CCCCC4)ncc3Cl)ccc21.CO.Cn1nc(C2CCC(=O)NC2=O)c2cc[c-]cc21.[Na+]. The van der Waals surface area contributed by atoms with Gasteiger partial charge < -0.3 is 24.9 Å². The van der Waals surface area contributed by atoms with Gasteiger partial charge in [-0.05, 0) is 55.0 Å². The van der Waals surface area contributed by atoms with Crippen molar-refractivity contribution in [2.24, 2.45) is 7.05 Å². The van der Waals surface area contributed by atoms with Crippen molar-refractivity contribution < 1.29 is 49.0 Å². The Morgan fingerprint density at radius 3 is 2.59 bits per heavy atom. The molecule has 0 saturated carbocycles. The van der Waals surface area contributed by atoms with E-state index < -0.39 is 0 Å². The Morgan fingerprint density at radius 2 is 1.85 bits per heavy atom. The molecule has 0 radical (unpaired) electrons. The second-order valence-corrected chi connectivity index (χ2v) is 11.4. The maximum Gasteiger partial charge on any atom is 1.00 e. The first kappa shape index (κ1) is 35.3. The van der Waals surface area contributed by atoms with Gasteiger partial charge in [-0.25, -0.2) is 4.98 Å². The van der Waals surface area contributed by atoms with Crippen molar-refractivity contribution in [1.29, 1.82) is 0 Å². The normalized spacial score (nSPS) is 17.2. The van der Waals surface area contributed by atoms with Gasteiger partial charge in [0.25, 0.3) is 0 Å². The van der Waals surface area contributed by atoms with E-state index in [4.69, 9.17) is 16.7 Å². The predicted molar refractivity (Wildman–Crippen MR) is 173 cm³/mol. The second-order valence-electron chi connectivity index (χ2n) is 11.0. The smallest absolute Gasteiger partial charge is 0.400 e. The molecular weight excluding hydrogens is 619 g/mol. The summed E-state index contributed by atoms with van der Waals surface area (Å²) in [6.07, 6.45) is 6.56. The third kappa shape index (κ3) is 7.69. The number of nitrogens with zero attached hydrogens (tertiary/aromatic N) is 6. The molecule has 3 N–H and O–H groups in total. The molecule has 2 aromatic carbocycles. The maximum atomic E-state index is 11.9. The molecule has 3 amide bonds. The molecule has 5 heterocycles. The molecule has 2 fully saturated rings. The number of hydrogen-bond donors (Lipinski definition) is 3. The summed E-state index contributed by atoms with van der Waals surface area (Å²) in [6, 6.07) is 14.4. The molecule has 46 heavy (non-hydrogen) atoms. The number of rotatable bonds is 4. The molecule has 4 aromatic rings. The van der Waals surface area contributed by atoms with Crippen LogP contribution in [0.1, 0.15) is 49.3 Å². The minimum absolute atomic E-state index is 0. The number of aliphatic hydroxyl groups is 1. The van der Waals surface area contributed by atoms with Crippen LogP contribution in [-0.2, 0) is 27.9 Å². The Bertz CT molecular complexity index is 1730. The van der Waals surface area contributed by atoms with Crippen molar-refractivity contribution in [3.8, 4) is 0 Å². The number of halogens is 1. The first-order valence-corrected chi connectivity index (χ1v) is 15.2. The van der Waals surface area contributed by atoms with E-state index in [9.17, 15) is 14.4 Å². The largest absolute Gasteiger partial charge is 1.00 e. The number of nitrogens with one attached hydrogen (secondary N) is 2. The summed E-state index contributed by atoms with van der Waals surface area (Å²) in [5.74, 6) is 0.620. The maximum absolute atomic E-state index is 11.9. The van der Waals surface area contributed by atoms with E-state index in [0.717, 1.165) is 53.7 Å². The predicted octanol–water partition coefficient (Wildman–Crippen LogP) is 0.889. The van der Waals surface area contributed by atoms with Gasteiger partial charge in [0.2, 0.25) is 23.7 Å². The number of fused-ring (bicyclic) bond motifs is 2. The van der Waals surface area contributed by atoms with E-state index in [0.29, 0.717) is 36.1 Å². The van der Waals surface area contributed by atoms with Crippen molar-refractivity contribution in [3.63, 3.8) is 0 Å². The van der Waals surface area contributed by atoms with Crippen LogP contribution in [0.4, 0.5) is 23.1 Å². The van der Waals surface area contributed by atoms with Crippen LogP contribution in [0.5, 0.6) is 0 Å². The molecule has 1 atom stereocenters. The van der Waals surface area contributed by atoms with Gasteiger partial charge in [0.05, 0.1) is 24.2 Å². The molecule has 0 spiro atoms. The second kappa shape index (κ2) is 15.8. The zero-order valence-corrected chi connectivity index (χ0v) is 29.3. The number of carbonyl (C=O) groups excluding carboxylic acids is 3. The molecule has 12 nitrogen and oxygen atoms in total. The number of amides is 3. The van der Waals surface area contributed by atoms with Crippen molar-refractivity contribution in [2.75, 3.05) is 42.4 Å². The third-order valence-corrected chi connectivity index (χ3v) is 8.36. The zero-order chi connectivity index (χ0) is 32.1. The zero-order valence-electron chi connectivity index (χ0n) is 26.5. The number of aryl methyl sites for hydroxylation is 1. The van der Waals surface area contributed by atoms with Crippen LogP contribution >= 0.6 is 11.6 Å². The van der Waals surface area contributed by atoms with E-state index in [1.54, 1.807) is 28.9 Å². The van der Waals surface area contributed by atoms with E-state index >= 15 is 0 Å². The standard InChI is InChI=1S/C18H20ClN5O.C13H12N3O2.CH4O.Na/c1-23-15-6-5-13(9-12(15)10-16(23)25)21-17-14(19)11-20-18(22-17)24-7-3-2-4-8-24;1-16-10-5-3-2-4-8(10)12(15-16)9-6-7-11(17)14-13(9)18;1-2;/h5-6,9,11H,2-4,7-8,10H2,1H3,(H,20,21,22);2,4-5,9H,6-7H2,1H3,(H,14,17,18);2H,1H3;/q;-1;;+1. The molecule has 7 rings (SSSR count). The van der Waals surface area contributed by atoms with E-state index in [2.05, 4.69) is 36.7 Å². The van der Waals surface area contributed by atoms with Crippen LogP contribution in [0.3, 0.4) is 0 Å². The summed E-state index contributed by atoms with van der Waals surface area (Å²) in [5, 5.41) is 18.5. The third-order valence-electron chi connectivity index (χ3n) is 8.08. The topological polar surface area (TPSA) is 146 Å². The summed E-state index contributed by atoms with van der Waals surface area (Å²) in [6.45, 7) is 1.96. The number of piperidine rings is 2. The number of imide groups is 1. The summed E-state index contributed by atoms with van der Waals surface area (Å²) >= 11 is 6.28. The van der Waals surface area contributed by atoms with E-state index in [1.807, 2.05) is 37.4 Å². The Labute approximate surface area is 294 Å². The first-order chi connectivity index (χ1) is 21.8. The van der Waals surface area contributed by atoms with Gasteiger partial charge in [-0.15, -0.1) is 0 Å². The minimum Gasteiger partial charge on any atom is -0.400 e. The molecule has 0 aliphatic carbocycles. The number of carbonyl (C=O) groups is 3. The molecule has 2 aromatic heterocycles. The van der Waals surface area contributed by atoms with Crippen LogP contribution in [0.2, 0.25) is 5.02 Å². The Balaban J connectivity index is 0.000000203. The summed E-state index contributed by atoms with van der Waals surface area (Å²) in [5.41, 5.74) is 4.52. The number of aromatic nitrogens is 4. The van der Waals surface area contributed by atoms with Gasteiger partial charge in [-0.2, -0.15) is 34.3 Å². The van der Waals surface area contributed by atoms with Gasteiger partial charge in [0.1, 0.15) is 5.02 Å². The number of anilines is 4. The van der Waals surface area contributed by atoms with Gasteiger partial charge in [-0.1, -0.05) is 17.0 Å². The van der Waals surface area contributed by atoms with Gasteiger partial charge in [0, 0.05) is 52.1 Å². The molecule has 14 heteroatoms. The van der Waals surface area contributed by atoms with Gasteiger partial charge in [0.15, 0.2) is 5.82 Å². The summed E-state index contributed by atoms with van der Waals surface area (Å²) in [4.78, 5) is 47.7. The fourth-order valence-corrected chi connectivity index (χ4v) is 5.90. The number of aliphatic hydroxyl groups excluding tert-OH is 1. The van der Waals surface area contributed by atoms with Crippen molar-refractivity contribution in [1.82, 2.24) is 25.1 Å². The summed E-state index contributed by atoms with van der Waals surface area (Å²) < 4.78 is 1.74. The van der Waals surface area contributed by atoms with Crippen LogP contribution in [0.25, 0.3) is 10.9 Å². The van der Waals surface area contributed by atoms with E-state index in [1.165, 1.54) is 19.3 Å². The Morgan fingerprint density at radius 1 is 1.09 bits per heavy atom. The molecule has 3 aliphatic heterocycles. The fourth-order valence-electron chi connectivity index (χ4n) is 5.76. The number of benzene rings is 2. The molecule has 236 valence electrons.